The summed E-state index contributed by atoms with van der Waals surface area (Å²) in [5.74, 6) is -0.632. The normalized spacial score (nSPS) is 15.3. The molecule has 0 aliphatic carbocycles. The number of urea groups is 1. The number of primary amides is 1. The fraction of sp³-hybridized carbons (Fsp3) is 0.350. The summed E-state index contributed by atoms with van der Waals surface area (Å²) in [6.07, 6.45) is -0.405. The largest absolute Gasteiger partial charge is 0.367 e. The van der Waals surface area contributed by atoms with Crippen LogP contribution in [0.3, 0.4) is 0 Å². The van der Waals surface area contributed by atoms with E-state index in [4.69, 9.17) is 10.5 Å². The molecule has 27 heavy (non-hydrogen) atoms. The lowest BCUT2D eigenvalue weighted by molar-refractivity contribution is 0.0496. The summed E-state index contributed by atoms with van der Waals surface area (Å²) in [7, 11) is 0. The Labute approximate surface area is 157 Å². The zero-order valence-corrected chi connectivity index (χ0v) is 15.0. The average molecular weight is 375 g/mol. The molecule has 0 atom stereocenters. The molecule has 2 aromatic rings. The number of nitrogens with two attached hydrogens (primary N) is 1. The lowest BCUT2D eigenvalue weighted by Crippen LogP contribution is -2.51. The molecule has 7 heteroatoms. The van der Waals surface area contributed by atoms with Gasteiger partial charge < -0.3 is 15.4 Å². The number of carbonyl (C=O) groups excluding carboxylic acids is 1. The first kappa shape index (κ1) is 19.3. The molecule has 1 heterocycles. The number of piperazine rings is 1. The van der Waals surface area contributed by atoms with Crippen LogP contribution in [0.25, 0.3) is 0 Å². The third-order valence-corrected chi connectivity index (χ3v) is 4.72. The van der Waals surface area contributed by atoms with Gasteiger partial charge in [-0.1, -0.05) is 24.3 Å². The van der Waals surface area contributed by atoms with Gasteiger partial charge >= 0.3 is 6.03 Å². The predicted octanol–water partition coefficient (Wildman–Crippen LogP) is 2.77. The summed E-state index contributed by atoms with van der Waals surface area (Å²) >= 11 is 0. The van der Waals surface area contributed by atoms with Crippen molar-refractivity contribution >= 4 is 6.03 Å². The highest BCUT2D eigenvalue weighted by Crippen LogP contribution is 2.26. The fourth-order valence-electron chi connectivity index (χ4n) is 3.15. The lowest BCUT2D eigenvalue weighted by Gasteiger charge is -2.33. The van der Waals surface area contributed by atoms with E-state index < -0.39 is 12.1 Å². The standard InChI is InChI=1S/C20H23F2N3O2/c21-17-5-1-15(2-6-17)19(16-3-7-18(22)8-4-16)27-14-13-24-9-11-25(12-10-24)20(23)26/h1-8,19H,9-14H2,(H2,23,26). The third kappa shape index (κ3) is 5.24. The van der Waals surface area contributed by atoms with E-state index in [1.54, 1.807) is 29.2 Å². The van der Waals surface area contributed by atoms with E-state index in [-0.39, 0.29) is 11.6 Å². The number of benzene rings is 2. The number of hydrogen-bond acceptors (Lipinski definition) is 3. The summed E-state index contributed by atoms with van der Waals surface area (Å²) in [5, 5.41) is 0. The van der Waals surface area contributed by atoms with Crippen LogP contribution in [0.2, 0.25) is 0 Å². The maximum atomic E-state index is 13.3. The number of amides is 2. The van der Waals surface area contributed by atoms with Crippen molar-refractivity contribution in [3.8, 4) is 0 Å². The van der Waals surface area contributed by atoms with Crippen LogP contribution in [-0.2, 0) is 4.74 Å². The SMILES string of the molecule is NC(=O)N1CCN(CCOC(c2ccc(F)cc2)c2ccc(F)cc2)CC1. The van der Waals surface area contributed by atoms with Crippen LogP contribution in [0.5, 0.6) is 0 Å². The quantitative estimate of drug-likeness (QED) is 0.845. The first-order valence-corrected chi connectivity index (χ1v) is 8.92. The van der Waals surface area contributed by atoms with Crippen molar-refractivity contribution in [2.75, 3.05) is 39.3 Å². The van der Waals surface area contributed by atoms with Gasteiger partial charge in [-0.3, -0.25) is 4.90 Å². The van der Waals surface area contributed by atoms with Crippen LogP contribution in [-0.4, -0.2) is 55.2 Å². The van der Waals surface area contributed by atoms with E-state index in [2.05, 4.69) is 4.90 Å². The van der Waals surface area contributed by atoms with Gasteiger partial charge in [0.05, 0.1) is 6.61 Å². The Balaban J connectivity index is 1.61. The minimum atomic E-state index is -0.405. The zero-order chi connectivity index (χ0) is 19.2. The van der Waals surface area contributed by atoms with Crippen molar-refractivity contribution in [2.45, 2.75) is 6.10 Å². The molecule has 1 saturated heterocycles. The lowest BCUT2D eigenvalue weighted by atomic mass is 10.0. The molecule has 2 amide bonds. The Morgan fingerprint density at radius 2 is 1.41 bits per heavy atom. The van der Waals surface area contributed by atoms with E-state index >= 15 is 0 Å². The van der Waals surface area contributed by atoms with Crippen molar-refractivity contribution in [1.29, 1.82) is 0 Å². The molecule has 1 fully saturated rings. The minimum absolute atomic E-state index is 0.316. The van der Waals surface area contributed by atoms with Gasteiger partial charge in [0.1, 0.15) is 17.7 Å². The number of hydrogen-bond donors (Lipinski definition) is 1. The van der Waals surface area contributed by atoms with Gasteiger partial charge in [-0.2, -0.15) is 0 Å². The monoisotopic (exact) mass is 375 g/mol. The number of rotatable bonds is 6. The van der Waals surface area contributed by atoms with Gasteiger partial charge in [0.25, 0.3) is 0 Å². The highest BCUT2D eigenvalue weighted by atomic mass is 19.1. The smallest absolute Gasteiger partial charge is 0.314 e. The molecular weight excluding hydrogens is 352 g/mol. The molecular formula is C20H23F2N3O2. The first-order valence-electron chi connectivity index (χ1n) is 8.92. The van der Waals surface area contributed by atoms with Crippen molar-refractivity contribution in [1.82, 2.24) is 9.80 Å². The van der Waals surface area contributed by atoms with Gasteiger partial charge in [0.2, 0.25) is 0 Å². The Morgan fingerprint density at radius 3 is 1.85 bits per heavy atom. The summed E-state index contributed by atoms with van der Waals surface area (Å²) in [6.45, 7) is 3.85. The molecule has 2 N–H and O–H groups in total. The highest BCUT2D eigenvalue weighted by molar-refractivity contribution is 5.72. The topological polar surface area (TPSA) is 58.8 Å². The number of carbonyl (C=O) groups is 1. The first-order chi connectivity index (χ1) is 13.0. The molecule has 0 unspecified atom stereocenters. The Bertz CT molecular complexity index is 699. The number of halogens is 2. The third-order valence-electron chi connectivity index (χ3n) is 4.72. The fourth-order valence-corrected chi connectivity index (χ4v) is 3.15. The molecule has 1 aliphatic rings. The van der Waals surface area contributed by atoms with E-state index in [1.807, 2.05) is 0 Å². The molecule has 144 valence electrons. The summed E-state index contributed by atoms with van der Waals surface area (Å²) in [5.41, 5.74) is 6.91. The van der Waals surface area contributed by atoms with Crippen LogP contribution in [0.4, 0.5) is 13.6 Å². The van der Waals surface area contributed by atoms with Crippen molar-refractivity contribution in [2.24, 2.45) is 5.73 Å². The minimum Gasteiger partial charge on any atom is -0.367 e. The molecule has 0 spiro atoms. The molecule has 0 bridgehead atoms. The molecule has 0 aromatic heterocycles. The maximum absolute atomic E-state index is 13.3. The van der Waals surface area contributed by atoms with Crippen molar-refractivity contribution < 1.29 is 18.3 Å². The number of nitrogens with zero attached hydrogens (tertiary/aromatic N) is 2. The van der Waals surface area contributed by atoms with Crippen LogP contribution in [0.1, 0.15) is 17.2 Å². The van der Waals surface area contributed by atoms with E-state index in [9.17, 15) is 13.6 Å². The zero-order valence-electron chi connectivity index (χ0n) is 15.0. The Morgan fingerprint density at radius 1 is 0.926 bits per heavy atom. The van der Waals surface area contributed by atoms with E-state index in [0.717, 1.165) is 24.2 Å². The van der Waals surface area contributed by atoms with Crippen molar-refractivity contribution in [3.05, 3.63) is 71.3 Å². The summed E-state index contributed by atoms with van der Waals surface area (Å²) < 4.78 is 32.6. The van der Waals surface area contributed by atoms with Gasteiger partial charge in [-0.05, 0) is 35.4 Å². The molecule has 2 aromatic carbocycles. The summed E-state index contributed by atoms with van der Waals surface area (Å²) in [6, 6.07) is 11.9. The molecule has 1 aliphatic heterocycles. The van der Waals surface area contributed by atoms with Gasteiger partial charge in [0.15, 0.2) is 0 Å². The van der Waals surface area contributed by atoms with Crippen LogP contribution >= 0.6 is 0 Å². The molecule has 0 radical (unpaired) electrons. The molecule has 5 nitrogen and oxygen atoms in total. The molecule has 0 saturated carbocycles. The second-order valence-corrected chi connectivity index (χ2v) is 6.52. The van der Waals surface area contributed by atoms with Crippen LogP contribution in [0.15, 0.2) is 48.5 Å². The van der Waals surface area contributed by atoms with Crippen LogP contribution in [0, 0.1) is 11.6 Å². The Hall–Kier alpha value is -2.51. The van der Waals surface area contributed by atoms with Crippen LogP contribution < -0.4 is 5.73 Å². The van der Waals surface area contributed by atoms with E-state index in [0.29, 0.717) is 26.2 Å². The maximum Gasteiger partial charge on any atom is 0.314 e. The second kappa shape index (κ2) is 8.92. The number of ether oxygens (including phenoxy) is 1. The Kier molecular flexibility index (Phi) is 6.36. The highest BCUT2D eigenvalue weighted by Gasteiger charge is 2.20. The van der Waals surface area contributed by atoms with Gasteiger partial charge in [-0.25, -0.2) is 13.6 Å². The predicted molar refractivity (Wildman–Crippen MR) is 98.2 cm³/mol. The van der Waals surface area contributed by atoms with E-state index in [1.165, 1.54) is 24.3 Å². The average Bonchev–Trinajstić information content (AvgIpc) is 2.67. The second-order valence-electron chi connectivity index (χ2n) is 6.52. The van der Waals surface area contributed by atoms with Gasteiger partial charge in [0, 0.05) is 32.7 Å². The van der Waals surface area contributed by atoms with Crippen molar-refractivity contribution in [3.63, 3.8) is 0 Å². The summed E-state index contributed by atoms with van der Waals surface area (Å²) in [4.78, 5) is 15.0. The van der Waals surface area contributed by atoms with Gasteiger partial charge in [-0.15, -0.1) is 0 Å². The molecule has 3 rings (SSSR count).